The summed E-state index contributed by atoms with van der Waals surface area (Å²) in [4.78, 5) is 70.2. The molecule has 0 fully saturated rings. The van der Waals surface area contributed by atoms with Crippen molar-refractivity contribution in [3.63, 3.8) is 0 Å². The van der Waals surface area contributed by atoms with Crippen LogP contribution in [0.15, 0.2) is 0 Å². The van der Waals surface area contributed by atoms with Crippen LogP contribution in [0.2, 0.25) is 0 Å². The molecule has 0 saturated heterocycles. The van der Waals surface area contributed by atoms with Crippen molar-refractivity contribution in [3.05, 3.63) is 0 Å². The average Bonchev–Trinajstić information content (AvgIpc) is 2.61. The van der Waals surface area contributed by atoms with Gasteiger partial charge in [-0.25, -0.2) is 4.79 Å². The largest absolute Gasteiger partial charge is 0.481 e. The first-order valence-electron chi connectivity index (χ1n) is 9.25. The SMILES string of the molecule is CC(C)C(NC(=O)C(CC(N)=O)NC(=O)C(N)CC(=O)O)C(=O)NC(C(=O)O)C(C)O. The van der Waals surface area contributed by atoms with Gasteiger partial charge in [-0.15, -0.1) is 0 Å². The number of primary amides is 1. The van der Waals surface area contributed by atoms with Crippen molar-refractivity contribution in [2.24, 2.45) is 17.4 Å². The van der Waals surface area contributed by atoms with Crippen LogP contribution in [0.5, 0.6) is 0 Å². The van der Waals surface area contributed by atoms with E-state index in [1.165, 1.54) is 13.8 Å². The smallest absolute Gasteiger partial charge is 0.328 e. The molecule has 0 aliphatic heterocycles. The number of rotatable bonds is 13. The number of nitrogens with one attached hydrogen (secondary N) is 3. The fourth-order valence-electron chi connectivity index (χ4n) is 2.39. The van der Waals surface area contributed by atoms with Crippen molar-refractivity contribution in [1.82, 2.24) is 16.0 Å². The maximum Gasteiger partial charge on any atom is 0.328 e. The van der Waals surface area contributed by atoms with Crippen molar-refractivity contribution < 1.29 is 44.1 Å². The van der Waals surface area contributed by atoms with E-state index in [2.05, 4.69) is 16.0 Å². The Kier molecular flexibility index (Phi) is 11.1. The Hall–Kier alpha value is -3.26. The third-order valence-electron chi connectivity index (χ3n) is 4.06. The van der Waals surface area contributed by atoms with Crippen molar-refractivity contribution in [3.8, 4) is 0 Å². The summed E-state index contributed by atoms with van der Waals surface area (Å²) in [5, 5.41) is 33.8. The van der Waals surface area contributed by atoms with E-state index in [1.807, 2.05) is 0 Å². The normalized spacial score (nSPS) is 15.7. The quantitative estimate of drug-likeness (QED) is 0.137. The Morgan fingerprint density at radius 3 is 1.71 bits per heavy atom. The third kappa shape index (κ3) is 9.86. The molecule has 0 aromatic rings. The fraction of sp³-hybridized carbons (Fsp3) is 0.647. The summed E-state index contributed by atoms with van der Waals surface area (Å²) < 4.78 is 0. The Balaban J connectivity index is 5.46. The first kappa shape index (κ1) is 27.7. The summed E-state index contributed by atoms with van der Waals surface area (Å²) in [7, 11) is 0. The first-order chi connectivity index (χ1) is 14.2. The minimum absolute atomic E-state index is 0.563. The highest BCUT2D eigenvalue weighted by molar-refractivity contribution is 5.96. The Morgan fingerprint density at radius 2 is 1.32 bits per heavy atom. The lowest BCUT2D eigenvalue weighted by Crippen LogP contribution is -2.60. The number of carboxylic acids is 2. The van der Waals surface area contributed by atoms with Gasteiger partial charge >= 0.3 is 11.9 Å². The summed E-state index contributed by atoms with van der Waals surface area (Å²) in [6.45, 7) is 4.22. The Morgan fingerprint density at radius 1 is 0.806 bits per heavy atom. The molecular weight excluding hydrogens is 418 g/mol. The molecule has 0 spiro atoms. The van der Waals surface area contributed by atoms with Gasteiger partial charge < -0.3 is 42.7 Å². The maximum absolute atomic E-state index is 12.6. The van der Waals surface area contributed by atoms with Gasteiger partial charge in [0.1, 0.15) is 12.1 Å². The Labute approximate surface area is 177 Å². The van der Waals surface area contributed by atoms with E-state index in [1.54, 1.807) is 0 Å². The minimum atomic E-state index is -1.64. The van der Waals surface area contributed by atoms with Crippen molar-refractivity contribution in [2.75, 3.05) is 0 Å². The molecule has 176 valence electrons. The number of nitrogens with two attached hydrogens (primary N) is 2. The van der Waals surface area contributed by atoms with Crippen LogP contribution in [0.25, 0.3) is 0 Å². The molecule has 0 saturated carbocycles. The molecule has 14 heteroatoms. The predicted molar refractivity (Wildman–Crippen MR) is 104 cm³/mol. The molecule has 0 aromatic heterocycles. The first-order valence-corrected chi connectivity index (χ1v) is 9.25. The molecular formula is C17H29N5O9. The van der Waals surface area contributed by atoms with Gasteiger partial charge in [0.15, 0.2) is 6.04 Å². The van der Waals surface area contributed by atoms with E-state index in [-0.39, 0.29) is 0 Å². The third-order valence-corrected chi connectivity index (χ3v) is 4.06. The van der Waals surface area contributed by atoms with Crippen LogP contribution < -0.4 is 27.4 Å². The topological polar surface area (TPSA) is 251 Å². The van der Waals surface area contributed by atoms with E-state index >= 15 is 0 Å². The summed E-state index contributed by atoms with van der Waals surface area (Å²) in [6, 6.07) is -6.01. The highest BCUT2D eigenvalue weighted by Gasteiger charge is 2.33. The fourth-order valence-corrected chi connectivity index (χ4v) is 2.39. The number of hydrogen-bond acceptors (Lipinski definition) is 8. The lowest BCUT2D eigenvalue weighted by Gasteiger charge is -2.27. The summed E-state index contributed by atoms with van der Waals surface area (Å²) in [6.07, 6.45) is -2.83. The lowest BCUT2D eigenvalue weighted by atomic mass is 10.0. The van der Waals surface area contributed by atoms with Gasteiger partial charge in [0.05, 0.1) is 25.0 Å². The number of amides is 4. The minimum Gasteiger partial charge on any atom is -0.481 e. The molecule has 0 rings (SSSR count). The number of carbonyl (C=O) groups excluding carboxylic acids is 4. The van der Waals surface area contributed by atoms with Crippen LogP contribution in [0, 0.1) is 5.92 Å². The second kappa shape index (κ2) is 12.4. The molecule has 31 heavy (non-hydrogen) atoms. The number of aliphatic hydroxyl groups is 1. The van der Waals surface area contributed by atoms with E-state index in [0.29, 0.717) is 0 Å². The van der Waals surface area contributed by atoms with Gasteiger partial charge in [-0.05, 0) is 12.8 Å². The number of aliphatic carboxylic acids is 2. The van der Waals surface area contributed by atoms with E-state index < -0.39 is 84.6 Å². The molecule has 0 aliphatic rings. The zero-order valence-electron chi connectivity index (χ0n) is 17.3. The highest BCUT2D eigenvalue weighted by atomic mass is 16.4. The van der Waals surface area contributed by atoms with Crippen LogP contribution in [0.3, 0.4) is 0 Å². The number of aliphatic hydroxyl groups excluding tert-OH is 1. The molecule has 14 nitrogen and oxygen atoms in total. The molecule has 0 radical (unpaired) electrons. The van der Waals surface area contributed by atoms with Crippen LogP contribution >= 0.6 is 0 Å². The van der Waals surface area contributed by atoms with Crippen molar-refractivity contribution in [2.45, 2.75) is 63.9 Å². The molecule has 10 N–H and O–H groups in total. The lowest BCUT2D eigenvalue weighted by molar-refractivity contribution is -0.145. The summed E-state index contributed by atoms with van der Waals surface area (Å²) >= 11 is 0. The number of carboxylic acid groups (broad SMARTS) is 2. The van der Waals surface area contributed by atoms with E-state index in [0.717, 1.165) is 6.92 Å². The van der Waals surface area contributed by atoms with E-state index in [4.69, 9.17) is 21.7 Å². The monoisotopic (exact) mass is 447 g/mol. The van der Waals surface area contributed by atoms with Crippen LogP contribution in [0.1, 0.15) is 33.6 Å². The van der Waals surface area contributed by atoms with Gasteiger partial charge in [0.25, 0.3) is 0 Å². The highest BCUT2D eigenvalue weighted by Crippen LogP contribution is 2.06. The standard InChI is InChI=1S/C17H29N5O9/c1-6(2)12(16(29)22-13(7(3)23)17(30)31)21-15(28)9(5-10(19)24)20-14(27)8(18)4-11(25)26/h6-9,12-13,23H,4-5,18H2,1-3H3,(H2,19,24)(H,20,27)(H,21,28)(H,22,29)(H,25,26)(H,30,31). The number of hydrogen-bond donors (Lipinski definition) is 8. The molecule has 4 amide bonds. The van der Waals surface area contributed by atoms with Crippen LogP contribution in [-0.4, -0.2) is 81.2 Å². The second-order valence-corrected chi connectivity index (χ2v) is 7.23. The molecule has 0 bridgehead atoms. The van der Waals surface area contributed by atoms with Crippen molar-refractivity contribution >= 4 is 35.6 Å². The van der Waals surface area contributed by atoms with Gasteiger partial charge in [-0.2, -0.15) is 0 Å². The molecule has 0 aliphatic carbocycles. The maximum atomic E-state index is 12.6. The summed E-state index contributed by atoms with van der Waals surface area (Å²) in [5.41, 5.74) is 10.5. The zero-order valence-corrected chi connectivity index (χ0v) is 17.3. The molecule has 0 heterocycles. The zero-order chi connectivity index (χ0) is 24.5. The van der Waals surface area contributed by atoms with Crippen LogP contribution in [-0.2, 0) is 28.8 Å². The van der Waals surface area contributed by atoms with Gasteiger partial charge in [-0.1, -0.05) is 13.8 Å². The molecule has 5 atom stereocenters. The molecule has 5 unspecified atom stereocenters. The van der Waals surface area contributed by atoms with E-state index in [9.17, 15) is 33.9 Å². The second-order valence-electron chi connectivity index (χ2n) is 7.23. The van der Waals surface area contributed by atoms with Gasteiger partial charge in [0, 0.05) is 0 Å². The van der Waals surface area contributed by atoms with Crippen molar-refractivity contribution in [1.29, 1.82) is 0 Å². The summed E-state index contributed by atoms with van der Waals surface area (Å²) in [5.74, 6) is -7.36. The number of carbonyl (C=O) groups is 6. The van der Waals surface area contributed by atoms with Gasteiger partial charge in [-0.3, -0.25) is 24.0 Å². The molecule has 0 aromatic carbocycles. The van der Waals surface area contributed by atoms with Gasteiger partial charge in [0.2, 0.25) is 23.6 Å². The Bertz CT molecular complexity index is 710. The predicted octanol–water partition coefficient (Wildman–Crippen LogP) is -3.76. The van der Waals surface area contributed by atoms with Crippen LogP contribution in [0.4, 0.5) is 0 Å². The average molecular weight is 447 g/mol.